The minimum absolute atomic E-state index is 0.0725. The van der Waals surface area contributed by atoms with Crippen LogP contribution in [0.25, 0.3) is 0 Å². The van der Waals surface area contributed by atoms with Gasteiger partial charge in [-0.15, -0.1) is 0 Å². The molecule has 0 aromatic heterocycles. The number of Topliss-reactive ketones (excluding diaryl/α,β-unsaturated/α-hetero) is 1. The second kappa shape index (κ2) is 5.17. The number of fused-ring (bicyclic) bond motifs is 1. The first-order valence-corrected chi connectivity index (χ1v) is 7.05. The highest BCUT2D eigenvalue weighted by atomic mass is 79.9. The van der Waals surface area contributed by atoms with Crippen molar-refractivity contribution in [3.05, 3.63) is 64.1 Å². The van der Waals surface area contributed by atoms with Crippen LogP contribution in [0.15, 0.2) is 53.0 Å². The Morgan fingerprint density at radius 1 is 1.16 bits per heavy atom. The highest BCUT2D eigenvalue weighted by Gasteiger charge is 2.26. The average Bonchev–Trinajstić information content (AvgIpc) is 2.39. The molecule has 2 nitrogen and oxygen atoms in total. The van der Waals surface area contributed by atoms with Crippen LogP contribution in [-0.4, -0.2) is 11.9 Å². The number of halogens is 1. The van der Waals surface area contributed by atoms with E-state index in [-0.39, 0.29) is 11.9 Å². The molecule has 2 aromatic carbocycles. The molecule has 96 valence electrons. The molecule has 0 fully saturated rings. The van der Waals surface area contributed by atoms with Crippen molar-refractivity contribution in [2.75, 3.05) is 0 Å². The summed E-state index contributed by atoms with van der Waals surface area (Å²) in [5.41, 5.74) is 1.88. The van der Waals surface area contributed by atoms with Gasteiger partial charge in [-0.05, 0) is 23.8 Å². The SMILES string of the molecule is O=C1CC(Cc2ccccc2)Oc2cc(Br)ccc21. The Kier molecular flexibility index (Phi) is 3.38. The van der Waals surface area contributed by atoms with Crippen molar-refractivity contribution in [2.24, 2.45) is 0 Å². The first-order chi connectivity index (χ1) is 9.22. The Bertz CT molecular complexity index is 607. The average molecular weight is 317 g/mol. The summed E-state index contributed by atoms with van der Waals surface area (Å²) in [6.45, 7) is 0. The zero-order valence-electron chi connectivity index (χ0n) is 10.3. The number of carbonyl (C=O) groups excluding carboxylic acids is 1. The van der Waals surface area contributed by atoms with Gasteiger partial charge in [0.05, 0.1) is 5.56 Å². The molecule has 19 heavy (non-hydrogen) atoms. The van der Waals surface area contributed by atoms with Gasteiger partial charge in [0, 0.05) is 17.3 Å². The molecule has 0 spiro atoms. The molecule has 0 saturated carbocycles. The van der Waals surface area contributed by atoms with Crippen molar-refractivity contribution < 1.29 is 9.53 Å². The third kappa shape index (κ3) is 2.71. The second-order valence-corrected chi connectivity index (χ2v) is 5.61. The Hall–Kier alpha value is -1.61. The summed E-state index contributed by atoms with van der Waals surface area (Å²) in [5.74, 6) is 0.848. The van der Waals surface area contributed by atoms with Crippen LogP contribution in [-0.2, 0) is 6.42 Å². The maximum atomic E-state index is 12.1. The highest BCUT2D eigenvalue weighted by molar-refractivity contribution is 9.10. The van der Waals surface area contributed by atoms with Crippen LogP contribution in [0.2, 0.25) is 0 Å². The Balaban J connectivity index is 1.83. The number of benzene rings is 2. The lowest BCUT2D eigenvalue weighted by Gasteiger charge is -2.25. The smallest absolute Gasteiger partial charge is 0.170 e. The van der Waals surface area contributed by atoms with Gasteiger partial charge in [-0.1, -0.05) is 46.3 Å². The molecule has 0 saturated heterocycles. The number of ketones is 1. The third-order valence-corrected chi connectivity index (χ3v) is 3.75. The van der Waals surface area contributed by atoms with Crippen LogP contribution < -0.4 is 4.74 Å². The molecule has 3 heteroatoms. The summed E-state index contributed by atoms with van der Waals surface area (Å²) < 4.78 is 6.87. The fourth-order valence-electron chi connectivity index (χ4n) is 2.35. The summed E-state index contributed by atoms with van der Waals surface area (Å²) in [6, 6.07) is 15.7. The van der Waals surface area contributed by atoms with Gasteiger partial charge in [-0.25, -0.2) is 0 Å². The summed E-state index contributed by atoms with van der Waals surface area (Å²) in [6.07, 6.45) is 1.14. The van der Waals surface area contributed by atoms with Gasteiger partial charge in [0.1, 0.15) is 11.9 Å². The Morgan fingerprint density at radius 3 is 2.74 bits per heavy atom. The van der Waals surface area contributed by atoms with E-state index in [4.69, 9.17) is 4.74 Å². The quantitative estimate of drug-likeness (QED) is 0.836. The summed E-state index contributed by atoms with van der Waals surface area (Å²) >= 11 is 3.41. The fraction of sp³-hybridized carbons (Fsp3) is 0.188. The van der Waals surface area contributed by atoms with Gasteiger partial charge < -0.3 is 4.74 Å². The number of rotatable bonds is 2. The fourth-order valence-corrected chi connectivity index (χ4v) is 2.69. The van der Waals surface area contributed by atoms with Gasteiger partial charge in [-0.3, -0.25) is 4.79 Å². The lowest BCUT2D eigenvalue weighted by atomic mass is 9.96. The number of hydrogen-bond acceptors (Lipinski definition) is 2. The largest absolute Gasteiger partial charge is 0.489 e. The van der Waals surface area contributed by atoms with Crippen molar-refractivity contribution in [1.82, 2.24) is 0 Å². The summed E-state index contributed by atoms with van der Waals surface area (Å²) in [4.78, 5) is 12.1. The van der Waals surface area contributed by atoms with Crippen LogP contribution in [0, 0.1) is 0 Å². The highest BCUT2D eigenvalue weighted by Crippen LogP contribution is 2.31. The second-order valence-electron chi connectivity index (χ2n) is 4.70. The van der Waals surface area contributed by atoms with Gasteiger partial charge in [0.15, 0.2) is 5.78 Å². The van der Waals surface area contributed by atoms with Crippen LogP contribution in [0.4, 0.5) is 0 Å². The Labute approximate surface area is 120 Å². The van der Waals surface area contributed by atoms with Crippen molar-refractivity contribution in [3.8, 4) is 5.75 Å². The standard InChI is InChI=1S/C16H13BrO2/c17-12-6-7-14-15(18)10-13(19-16(14)9-12)8-11-4-2-1-3-5-11/h1-7,9,13H,8,10H2. The minimum Gasteiger partial charge on any atom is -0.489 e. The number of ether oxygens (including phenoxy) is 1. The Morgan fingerprint density at radius 2 is 1.95 bits per heavy atom. The maximum absolute atomic E-state index is 12.1. The van der Waals surface area contributed by atoms with E-state index < -0.39 is 0 Å². The van der Waals surface area contributed by atoms with Crippen LogP contribution in [0.1, 0.15) is 22.3 Å². The molecule has 1 unspecified atom stereocenters. The van der Waals surface area contributed by atoms with E-state index in [1.165, 1.54) is 5.56 Å². The first-order valence-electron chi connectivity index (χ1n) is 6.26. The van der Waals surface area contributed by atoms with Gasteiger partial charge in [-0.2, -0.15) is 0 Å². The van der Waals surface area contributed by atoms with E-state index in [2.05, 4.69) is 28.1 Å². The third-order valence-electron chi connectivity index (χ3n) is 3.26. The van der Waals surface area contributed by atoms with Gasteiger partial charge >= 0.3 is 0 Å². The van der Waals surface area contributed by atoms with E-state index >= 15 is 0 Å². The van der Waals surface area contributed by atoms with E-state index in [9.17, 15) is 4.79 Å². The van der Waals surface area contributed by atoms with E-state index in [0.29, 0.717) is 17.7 Å². The number of hydrogen-bond donors (Lipinski definition) is 0. The molecule has 3 rings (SSSR count). The molecule has 0 radical (unpaired) electrons. The van der Waals surface area contributed by atoms with Gasteiger partial charge in [0.2, 0.25) is 0 Å². The molecule has 1 aliphatic rings. The molecule has 0 amide bonds. The molecule has 0 bridgehead atoms. The zero-order chi connectivity index (χ0) is 13.2. The first kappa shape index (κ1) is 12.4. The van der Waals surface area contributed by atoms with Crippen molar-refractivity contribution in [3.63, 3.8) is 0 Å². The van der Waals surface area contributed by atoms with Crippen molar-refractivity contribution in [1.29, 1.82) is 0 Å². The predicted octanol–water partition coefficient (Wildman–Crippen LogP) is 4.03. The van der Waals surface area contributed by atoms with E-state index in [1.54, 1.807) is 0 Å². The minimum atomic E-state index is -0.0725. The predicted molar refractivity (Wildman–Crippen MR) is 77.7 cm³/mol. The molecular formula is C16H13BrO2. The van der Waals surface area contributed by atoms with Gasteiger partial charge in [0.25, 0.3) is 0 Å². The van der Waals surface area contributed by atoms with Crippen molar-refractivity contribution in [2.45, 2.75) is 18.9 Å². The molecule has 2 aromatic rings. The monoisotopic (exact) mass is 316 g/mol. The molecule has 1 heterocycles. The topological polar surface area (TPSA) is 26.3 Å². The molecule has 1 atom stereocenters. The molecular weight excluding hydrogens is 304 g/mol. The zero-order valence-corrected chi connectivity index (χ0v) is 11.9. The molecule has 0 N–H and O–H groups in total. The van der Waals surface area contributed by atoms with Crippen molar-refractivity contribution >= 4 is 21.7 Å². The van der Waals surface area contributed by atoms with E-state index in [1.807, 2.05) is 36.4 Å². The van der Waals surface area contributed by atoms with Crippen LogP contribution in [0.3, 0.4) is 0 Å². The summed E-state index contributed by atoms with van der Waals surface area (Å²) in [7, 11) is 0. The van der Waals surface area contributed by atoms with Crippen LogP contribution in [0.5, 0.6) is 5.75 Å². The molecule has 0 aliphatic carbocycles. The lowest BCUT2D eigenvalue weighted by Crippen LogP contribution is -2.28. The lowest BCUT2D eigenvalue weighted by molar-refractivity contribution is 0.0851. The normalized spacial score (nSPS) is 17.7. The number of carbonyl (C=O) groups is 1. The molecule has 1 aliphatic heterocycles. The summed E-state index contributed by atoms with van der Waals surface area (Å²) in [5, 5.41) is 0. The maximum Gasteiger partial charge on any atom is 0.170 e. The van der Waals surface area contributed by atoms with E-state index in [0.717, 1.165) is 10.9 Å². The van der Waals surface area contributed by atoms with Crippen LogP contribution >= 0.6 is 15.9 Å².